The molecule has 3 aromatic heterocycles. The van der Waals surface area contributed by atoms with Crippen LogP contribution in [0.3, 0.4) is 0 Å². The summed E-state index contributed by atoms with van der Waals surface area (Å²) < 4.78 is 46.7. The summed E-state index contributed by atoms with van der Waals surface area (Å²) in [5.41, 5.74) is 11.0. The summed E-state index contributed by atoms with van der Waals surface area (Å²) in [7, 11) is 3.15. The number of nitrogens with two attached hydrogens (primary N) is 1. The number of pyridine rings is 1. The molecule has 0 radical (unpaired) electrons. The summed E-state index contributed by atoms with van der Waals surface area (Å²) in [5.74, 6) is 1.78. The molecule has 5 heterocycles. The number of halogens is 3. The van der Waals surface area contributed by atoms with Crippen LogP contribution < -0.4 is 15.4 Å². The van der Waals surface area contributed by atoms with Crippen LogP contribution in [-0.4, -0.2) is 55.5 Å². The van der Waals surface area contributed by atoms with E-state index in [2.05, 4.69) is 19.9 Å². The molecule has 7 rings (SSSR count). The van der Waals surface area contributed by atoms with Gasteiger partial charge in [-0.15, -0.1) is 0 Å². The Bertz CT molecular complexity index is 1550. The fourth-order valence-corrected chi connectivity index (χ4v) is 6.25. The number of alkyl halides is 3. The number of hydrogen-bond donors (Lipinski definition) is 1. The van der Waals surface area contributed by atoms with E-state index < -0.39 is 11.9 Å². The number of methoxy groups -OCH3 is 1. The van der Waals surface area contributed by atoms with Crippen LogP contribution in [-0.2, 0) is 13.2 Å². The number of piperidine rings is 1. The molecule has 2 bridgehead atoms. The van der Waals surface area contributed by atoms with E-state index >= 15 is 0 Å². The smallest absolute Gasteiger partial charge is 0.434 e. The van der Waals surface area contributed by atoms with Crippen LogP contribution in [0.25, 0.3) is 17.1 Å². The summed E-state index contributed by atoms with van der Waals surface area (Å²) in [6.45, 7) is 0. The highest BCUT2D eigenvalue weighted by Crippen LogP contribution is 2.47. The van der Waals surface area contributed by atoms with Crippen molar-refractivity contribution < 1.29 is 17.9 Å². The SMILES string of the molecule is COc1ncnc(C2CC2)c1/C(N)=C1/C(=NC2CC2)CC2CCC1N2c1ccc(-c2nc(C(F)(F)F)cn2C)cn1. The minimum atomic E-state index is -4.51. The van der Waals surface area contributed by atoms with Crippen molar-refractivity contribution in [1.29, 1.82) is 0 Å². The number of aromatic nitrogens is 5. The Morgan fingerprint density at radius 2 is 1.88 bits per heavy atom. The minimum absolute atomic E-state index is 0.0495. The van der Waals surface area contributed by atoms with Crippen LogP contribution in [0.5, 0.6) is 5.88 Å². The van der Waals surface area contributed by atoms with E-state index in [1.807, 2.05) is 6.07 Å². The van der Waals surface area contributed by atoms with E-state index in [4.69, 9.17) is 20.4 Å². The molecule has 2 atom stereocenters. The first-order valence-corrected chi connectivity index (χ1v) is 14.0. The van der Waals surface area contributed by atoms with E-state index in [0.29, 0.717) is 29.1 Å². The molecule has 2 unspecified atom stereocenters. The van der Waals surface area contributed by atoms with Crippen LogP contribution in [0, 0.1) is 0 Å². The molecule has 2 saturated heterocycles. The zero-order valence-corrected chi connectivity index (χ0v) is 22.9. The van der Waals surface area contributed by atoms with Crippen molar-refractivity contribution in [2.45, 2.75) is 75.2 Å². The van der Waals surface area contributed by atoms with E-state index in [9.17, 15) is 13.2 Å². The number of fused-ring (bicyclic) bond motifs is 2. The molecule has 2 N–H and O–H groups in total. The Balaban J connectivity index is 1.29. The second-order valence-electron chi connectivity index (χ2n) is 11.4. The number of imidazole rings is 1. The van der Waals surface area contributed by atoms with Crippen molar-refractivity contribution in [2.75, 3.05) is 12.0 Å². The number of anilines is 1. The second-order valence-corrected chi connectivity index (χ2v) is 11.4. The van der Waals surface area contributed by atoms with Crippen molar-refractivity contribution >= 4 is 17.2 Å². The lowest BCUT2D eigenvalue weighted by Crippen LogP contribution is -2.46. The molecule has 12 heteroatoms. The Kier molecular flexibility index (Phi) is 6.05. The molecule has 0 amide bonds. The van der Waals surface area contributed by atoms with Crippen molar-refractivity contribution in [2.24, 2.45) is 17.8 Å². The first kappa shape index (κ1) is 26.0. The molecule has 214 valence electrons. The summed E-state index contributed by atoms with van der Waals surface area (Å²) >= 11 is 0. The van der Waals surface area contributed by atoms with E-state index in [1.54, 1.807) is 26.4 Å². The maximum atomic E-state index is 13.2. The standard InChI is InChI=1S/C29H31F3N8O/c1-39-13-21(29(30,31)32)38-27(39)16-5-10-22(34-12-16)40-18-8-9-20(40)23(19(11-18)37-17-6-7-17)25(33)24-26(15-3-4-15)35-14-36-28(24)41-2/h5,10,12-15,17-18,20H,3-4,6-9,11,33H2,1-2H3/b25-23+,37-19?. The van der Waals surface area contributed by atoms with Gasteiger partial charge in [0.15, 0.2) is 5.69 Å². The fraction of sp³-hybridized carbons (Fsp3) is 0.483. The van der Waals surface area contributed by atoms with Gasteiger partial charge >= 0.3 is 6.18 Å². The second kappa shape index (κ2) is 9.56. The molecule has 3 aromatic rings. The lowest BCUT2D eigenvalue weighted by atomic mass is 9.89. The number of nitrogens with zero attached hydrogens (tertiary/aromatic N) is 7. The zero-order chi connectivity index (χ0) is 28.5. The van der Waals surface area contributed by atoms with Crippen LogP contribution in [0.1, 0.15) is 67.8 Å². The van der Waals surface area contributed by atoms with Crippen LogP contribution in [0.15, 0.2) is 41.4 Å². The first-order valence-electron chi connectivity index (χ1n) is 14.0. The average molecular weight is 565 g/mol. The van der Waals surface area contributed by atoms with Gasteiger partial charge in [0.2, 0.25) is 5.88 Å². The zero-order valence-electron chi connectivity index (χ0n) is 22.9. The third kappa shape index (κ3) is 4.62. The molecular weight excluding hydrogens is 533 g/mol. The topological polar surface area (TPSA) is 107 Å². The highest BCUT2D eigenvalue weighted by molar-refractivity contribution is 6.10. The van der Waals surface area contributed by atoms with Gasteiger partial charge in [-0.2, -0.15) is 13.2 Å². The number of hydrogen-bond acceptors (Lipinski definition) is 8. The molecule has 4 fully saturated rings. The molecule has 2 aliphatic heterocycles. The number of ether oxygens (including phenoxy) is 1. The van der Waals surface area contributed by atoms with Crippen LogP contribution in [0.4, 0.5) is 19.0 Å². The van der Waals surface area contributed by atoms with Gasteiger partial charge in [0.25, 0.3) is 0 Å². The summed E-state index contributed by atoms with van der Waals surface area (Å²) in [6, 6.07) is 4.14. The summed E-state index contributed by atoms with van der Waals surface area (Å²) in [4.78, 5) is 25.0. The molecule has 2 saturated carbocycles. The molecule has 2 aliphatic carbocycles. The molecule has 9 nitrogen and oxygen atoms in total. The van der Waals surface area contributed by atoms with Crippen molar-refractivity contribution in [3.63, 3.8) is 0 Å². The number of aliphatic imine (C=N–C) groups is 1. The monoisotopic (exact) mass is 564 g/mol. The van der Waals surface area contributed by atoms with Crippen LogP contribution >= 0.6 is 0 Å². The normalized spacial score (nSPS) is 24.7. The number of rotatable bonds is 6. The Hall–Kier alpha value is -3.96. The van der Waals surface area contributed by atoms with E-state index in [1.165, 1.54) is 10.9 Å². The quantitative estimate of drug-likeness (QED) is 0.454. The Morgan fingerprint density at radius 1 is 1.07 bits per heavy atom. The lowest BCUT2D eigenvalue weighted by molar-refractivity contribution is -0.140. The summed E-state index contributed by atoms with van der Waals surface area (Å²) in [5, 5.41) is 0. The maximum Gasteiger partial charge on any atom is 0.434 e. The Morgan fingerprint density at radius 3 is 2.51 bits per heavy atom. The maximum absolute atomic E-state index is 13.2. The van der Waals surface area contributed by atoms with Crippen molar-refractivity contribution in [1.82, 2.24) is 24.5 Å². The molecule has 0 aromatic carbocycles. The van der Waals surface area contributed by atoms with Crippen LogP contribution in [0.2, 0.25) is 0 Å². The third-order valence-electron chi connectivity index (χ3n) is 8.46. The van der Waals surface area contributed by atoms with Gasteiger partial charge < -0.3 is 19.9 Å². The highest BCUT2D eigenvalue weighted by Gasteiger charge is 2.46. The Labute approximate surface area is 235 Å². The van der Waals surface area contributed by atoms with Gasteiger partial charge in [0.1, 0.15) is 18.0 Å². The molecule has 41 heavy (non-hydrogen) atoms. The van der Waals surface area contributed by atoms with E-state index in [-0.39, 0.29) is 17.9 Å². The van der Waals surface area contributed by atoms with Gasteiger partial charge in [0.05, 0.1) is 36.1 Å². The molecule has 4 aliphatic rings. The third-order valence-corrected chi connectivity index (χ3v) is 8.46. The van der Waals surface area contributed by atoms with Crippen molar-refractivity contribution in [3.8, 4) is 17.3 Å². The van der Waals surface area contributed by atoms with Gasteiger partial charge in [-0.25, -0.2) is 19.9 Å². The molecular formula is C29H31F3N8O. The van der Waals surface area contributed by atoms with Gasteiger partial charge in [-0.1, -0.05) is 0 Å². The summed E-state index contributed by atoms with van der Waals surface area (Å²) in [6.07, 6.45) is 6.51. The highest BCUT2D eigenvalue weighted by atomic mass is 19.4. The van der Waals surface area contributed by atoms with Gasteiger partial charge in [-0.05, 0) is 50.7 Å². The predicted octanol–water partition coefficient (Wildman–Crippen LogP) is 4.89. The lowest BCUT2D eigenvalue weighted by Gasteiger charge is -2.39. The minimum Gasteiger partial charge on any atom is -0.480 e. The molecule has 0 spiro atoms. The average Bonchev–Trinajstić information content (AvgIpc) is 3.89. The first-order chi connectivity index (χ1) is 19.7. The predicted molar refractivity (Wildman–Crippen MR) is 147 cm³/mol. The largest absolute Gasteiger partial charge is 0.480 e. The van der Waals surface area contributed by atoms with E-state index in [0.717, 1.165) is 79.5 Å². The van der Waals surface area contributed by atoms with Gasteiger partial charge in [0, 0.05) is 54.7 Å². The number of aryl methyl sites for hydroxylation is 1. The van der Waals surface area contributed by atoms with Crippen molar-refractivity contribution in [3.05, 3.63) is 53.4 Å². The fourth-order valence-electron chi connectivity index (χ4n) is 6.25. The van der Waals surface area contributed by atoms with Gasteiger partial charge in [-0.3, -0.25) is 4.99 Å².